The molecule has 1 aromatic rings. The third-order valence-electron chi connectivity index (χ3n) is 4.11. The van der Waals surface area contributed by atoms with Gasteiger partial charge in [0.05, 0.1) is 0 Å². The van der Waals surface area contributed by atoms with Crippen LogP contribution >= 0.6 is 11.8 Å². The number of nitrogens with one attached hydrogen (secondary N) is 1. The van der Waals surface area contributed by atoms with Crippen LogP contribution in [0.15, 0.2) is 23.1 Å². The van der Waals surface area contributed by atoms with Crippen LogP contribution in [-0.2, 0) is 12.8 Å². The molecule has 1 N–H and O–H groups in total. The summed E-state index contributed by atoms with van der Waals surface area (Å²) in [7, 11) is 0. The lowest BCUT2D eigenvalue weighted by molar-refractivity contribution is 0.460. The Morgan fingerprint density at radius 3 is 2.70 bits per heavy atom. The number of fused-ring (bicyclic) bond motifs is 1. The van der Waals surface area contributed by atoms with Crippen molar-refractivity contribution in [3.05, 3.63) is 29.3 Å². The molecule has 1 unspecified atom stereocenters. The lowest BCUT2D eigenvalue weighted by atomic mass is 10.0. The highest BCUT2D eigenvalue weighted by molar-refractivity contribution is 7.99. The number of aryl methyl sites for hydroxylation is 2. The first-order valence-corrected chi connectivity index (χ1v) is 9.11. The van der Waals surface area contributed by atoms with Crippen molar-refractivity contribution in [2.24, 2.45) is 5.92 Å². The predicted octanol–water partition coefficient (Wildman–Crippen LogP) is 4.68. The molecule has 0 bridgehead atoms. The van der Waals surface area contributed by atoms with Gasteiger partial charge in [0.2, 0.25) is 0 Å². The van der Waals surface area contributed by atoms with E-state index in [4.69, 9.17) is 0 Å². The van der Waals surface area contributed by atoms with Gasteiger partial charge in [-0.3, -0.25) is 0 Å². The van der Waals surface area contributed by atoms with E-state index < -0.39 is 0 Å². The van der Waals surface area contributed by atoms with Gasteiger partial charge in [-0.05, 0) is 68.2 Å². The maximum absolute atomic E-state index is 3.64. The molecule has 20 heavy (non-hydrogen) atoms. The molecule has 0 aliphatic heterocycles. The fraction of sp³-hybridized carbons (Fsp3) is 0.667. The van der Waals surface area contributed by atoms with Crippen LogP contribution in [-0.4, -0.2) is 18.3 Å². The second-order valence-electron chi connectivity index (χ2n) is 6.46. The molecule has 0 saturated carbocycles. The Bertz CT molecular complexity index is 414. The van der Waals surface area contributed by atoms with Gasteiger partial charge in [-0.15, -0.1) is 11.8 Å². The van der Waals surface area contributed by atoms with Crippen molar-refractivity contribution in [1.82, 2.24) is 5.32 Å². The van der Waals surface area contributed by atoms with Gasteiger partial charge in [0.15, 0.2) is 0 Å². The number of benzene rings is 1. The van der Waals surface area contributed by atoms with Crippen molar-refractivity contribution in [3.8, 4) is 0 Å². The largest absolute Gasteiger partial charge is 0.313 e. The highest BCUT2D eigenvalue weighted by Crippen LogP contribution is 2.27. The van der Waals surface area contributed by atoms with Gasteiger partial charge < -0.3 is 5.32 Å². The molecule has 1 aromatic carbocycles. The molecule has 1 aliphatic carbocycles. The number of hydrogen-bond acceptors (Lipinski definition) is 2. The minimum absolute atomic E-state index is 0.651. The van der Waals surface area contributed by atoms with Crippen LogP contribution in [0.2, 0.25) is 0 Å². The van der Waals surface area contributed by atoms with E-state index in [-0.39, 0.29) is 0 Å². The maximum Gasteiger partial charge on any atom is 0.0106 e. The van der Waals surface area contributed by atoms with Crippen LogP contribution in [0.3, 0.4) is 0 Å². The Hall–Kier alpha value is -0.470. The summed E-state index contributed by atoms with van der Waals surface area (Å²) in [5.74, 6) is 1.99. The van der Waals surface area contributed by atoms with E-state index in [0.29, 0.717) is 6.04 Å². The Kier molecular flexibility index (Phi) is 6.44. The molecule has 112 valence electrons. The Balaban J connectivity index is 1.63. The highest BCUT2D eigenvalue weighted by Gasteiger charge is 2.10. The van der Waals surface area contributed by atoms with Gasteiger partial charge in [0.25, 0.3) is 0 Å². The lowest BCUT2D eigenvalue weighted by Gasteiger charge is -2.14. The fourth-order valence-electron chi connectivity index (χ4n) is 2.80. The van der Waals surface area contributed by atoms with Gasteiger partial charge in [-0.25, -0.2) is 0 Å². The molecule has 0 heterocycles. The van der Waals surface area contributed by atoms with E-state index in [0.717, 1.165) is 12.5 Å². The zero-order valence-corrected chi connectivity index (χ0v) is 14.1. The first-order valence-electron chi connectivity index (χ1n) is 8.13. The average molecular weight is 292 g/mol. The second-order valence-corrected chi connectivity index (χ2v) is 7.63. The fourth-order valence-corrected chi connectivity index (χ4v) is 3.64. The van der Waals surface area contributed by atoms with Gasteiger partial charge in [-0.2, -0.15) is 0 Å². The van der Waals surface area contributed by atoms with Crippen molar-refractivity contribution < 1.29 is 0 Å². The summed E-state index contributed by atoms with van der Waals surface area (Å²) in [5.41, 5.74) is 3.17. The summed E-state index contributed by atoms with van der Waals surface area (Å²) in [6.45, 7) is 8.02. The van der Waals surface area contributed by atoms with Crippen molar-refractivity contribution in [1.29, 1.82) is 0 Å². The third kappa shape index (κ3) is 5.14. The molecule has 0 spiro atoms. The van der Waals surface area contributed by atoms with E-state index >= 15 is 0 Å². The quantitative estimate of drug-likeness (QED) is 0.551. The molecule has 0 radical (unpaired) electrons. The van der Waals surface area contributed by atoms with Gasteiger partial charge in [0, 0.05) is 23.2 Å². The first-order chi connectivity index (χ1) is 9.65. The molecular weight excluding hydrogens is 262 g/mol. The Labute approximate surface area is 128 Å². The second kappa shape index (κ2) is 8.09. The molecule has 1 atom stereocenters. The van der Waals surface area contributed by atoms with Crippen LogP contribution in [0, 0.1) is 5.92 Å². The standard InChI is InChI=1S/C18H29NS/c1-14(2)7-8-15(3)19-11-12-20-18-10-9-16-5-4-6-17(16)13-18/h9-10,13-15,19H,4-8,11-12H2,1-3H3. The minimum atomic E-state index is 0.651. The molecule has 1 aliphatic rings. The molecule has 0 saturated heterocycles. The summed E-state index contributed by atoms with van der Waals surface area (Å²) < 4.78 is 0. The van der Waals surface area contributed by atoms with Crippen molar-refractivity contribution in [3.63, 3.8) is 0 Å². The molecule has 0 fully saturated rings. The number of thioether (sulfide) groups is 1. The molecule has 1 nitrogen and oxygen atoms in total. The number of rotatable bonds is 8. The summed E-state index contributed by atoms with van der Waals surface area (Å²) in [6.07, 6.45) is 6.54. The van der Waals surface area contributed by atoms with Crippen molar-refractivity contribution in [2.45, 2.75) is 63.8 Å². The molecule has 2 heteroatoms. The summed E-state index contributed by atoms with van der Waals surface area (Å²) in [5, 5.41) is 3.64. The predicted molar refractivity (Wildman–Crippen MR) is 90.7 cm³/mol. The molecule has 0 aromatic heterocycles. The van der Waals surface area contributed by atoms with Gasteiger partial charge in [-0.1, -0.05) is 19.9 Å². The number of hydrogen-bond donors (Lipinski definition) is 1. The highest BCUT2D eigenvalue weighted by atomic mass is 32.2. The van der Waals surface area contributed by atoms with Crippen LogP contribution in [0.4, 0.5) is 0 Å². The summed E-state index contributed by atoms with van der Waals surface area (Å²) >= 11 is 1.99. The SMILES string of the molecule is CC(C)CCC(C)NCCSc1ccc2c(c1)CCC2. The van der Waals surface area contributed by atoms with E-state index in [9.17, 15) is 0 Å². The Morgan fingerprint density at radius 2 is 1.90 bits per heavy atom. The van der Waals surface area contributed by atoms with E-state index in [1.54, 1.807) is 11.1 Å². The van der Waals surface area contributed by atoms with Gasteiger partial charge >= 0.3 is 0 Å². The average Bonchev–Trinajstić information content (AvgIpc) is 2.88. The lowest BCUT2D eigenvalue weighted by Crippen LogP contribution is -2.28. The van der Waals surface area contributed by atoms with E-state index in [2.05, 4.69) is 44.3 Å². The molecule has 0 amide bonds. The molecule has 2 rings (SSSR count). The topological polar surface area (TPSA) is 12.0 Å². The maximum atomic E-state index is 3.64. The van der Waals surface area contributed by atoms with Crippen LogP contribution in [0.25, 0.3) is 0 Å². The third-order valence-corrected chi connectivity index (χ3v) is 5.11. The zero-order chi connectivity index (χ0) is 14.4. The molecular formula is C18H29NS. The smallest absolute Gasteiger partial charge is 0.0106 e. The van der Waals surface area contributed by atoms with Crippen LogP contribution in [0.1, 0.15) is 51.2 Å². The van der Waals surface area contributed by atoms with Crippen LogP contribution < -0.4 is 5.32 Å². The van der Waals surface area contributed by atoms with Crippen molar-refractivity contribution >= 4 is 11.8 Å². The van der Waals surface area contributed by atoms with E-state index in [1.165, 1.54) is 42.8 Å². The monoisotopic (exact) mass is 291 g/mol. The minimum Gasteiger partial charge on any atom is -0.313 e. The zero-order valence-electron chi connectivity index (χ0n) is 13.2. The van der Waals surface area contributed by atoms with Crippen LogP contribution in [0.5, 0.6) is 0 Å². The Morgan fingerprint density at radius 1 is 1.10 bits per heavy atom. The normalized spacial score (nSPS) is 15.6. The first kappa shape index (κ1) is 15.9. The summed E-state index contributed by atoms with van der Waals surface area (Å²) in [6, 6.07) is 7.70. The summed E-state index contributed by atoms with van der Waals surface area (Å²) in [4.78, 5) is 1.45. The van der Waals surface area contributed by atoms with E-state index in [1.807, 2.05) is 11.8 Å². The van der Waals surface area contributed by atoms with Crippen molar-refractivity contribution in [2.75, 3.05) is 12.3 Å². The van der Waals surface area contributed by atoms with Gasteiger partial charge in [0.1, 0.15) is 0 Å².